The van der Waals surface area contributed by atoms with Gasteiger partial charge in [-0.05, 0) is 37.1 Å². The molecule has 2 saturated heterocycles. The van der Waals surface area contributed by atoms with Gasteiger partial charge in [0.1, 0.15) is 0 Å². The number of ether oxygens (including phenoxy) is 1. The Hall–Kier alpha value is -1.60. The lowest BCUT2D eigenvalue weighted by Crippen LogP contribution is -2.50. The molecule has 138 valence electrons. The molecule has 7 heteroatoms. The highest BCUT2D eigenvalue weighted by Crippen LogP contribution is 2.36. The minimum absolute atomic E-state index is 0.0200. The van der Waals surface area contributed by atoms with Crippen molar-refractivity contribution in [1.82, 2.24) is 15.5 Å². The monoisotopic (exact) mass is 365 g/mol. The van der Waals surface area contributed by atoms with Crippen LogP contribution in [0.2, 0.25) is 0 Å². The van der Waals surface area contributed by atoms with E-state index in [1.54, 1.807) is 0 Å². The summed E-state index contributed by atoms with van der Waals surface area (Å²) in [7, 11) is 0. The number of carbonyl (C=O) groups is 2. The maximum Gasteiger partial charge on any atom is 0.317 e. The second-order valence-electron chi connectivity index (χ2n) is 6.92. The van der Waals surface area contributed by atoms with Gasteiger partial charge in [0.05, 0.1) is 23.1 Å². The second kappa shape index (κ2) is 8.19. The maximum absolute atomic E-state index is 12.2. The van der Waals surface area contributed by atoms with Crippen molar-refractivity contribution in [2.45, 2.75) is 50.7 Å². The summed E-state index contributed by atoms with van der Waals surface area (Å²) in [6.45, 7) is 4.83. The zero-order valence-corrected chi connectivity index (χ0v) is 15.6. The summed E-state index contributed by atoms with van der Waals surface area (Å²) in [4.78, 5) is 26.9. The van der Waals surface area contributed by atoms with E-state index in [0.29, 0.717) is 19.7 Å². The number of rotatable bonds is 5. The maximum atomic E-state index is 12.2. The van der Waals surface area contributed by atoms with Crippen LogP contribution in [-0.4, -0.2) is 54.7 Å². The average Bonchev–Trinajstić information content (AvgIpc) is 3.27. The van der Waals surface area contributed by atoms with E-state index in [4.69, 9.17) is 4.74 Å². The van der Waals surface area contributed by atoms with Crippen LogP contribution in [0.3, 0.4) is 0 Å². The van der Waals surface area contributed by atoms with Crippen molar-refractivity contribution in [2.24, 2.45) is 0 Å². The third-order valence-electron chi connectivity index (χ3n) is 5.06. The number of hydrogen-bond acceptors (Lipinski definition) is 4. The van der Waals surface area contributed by atoms with E-state index in [1.807, 2.05) is 22.4 Å². The van der Waals surface area contributed by atoms with Crippen LogP contribution in [0.1, 0.15) is 48.7 Å². The van der Waals surface area contributed by atoms with Crippen molar-refractivity contribution in [2.75, 3.05) is 26.2 Å². The number of carbonyl (C=O) groups excluding carboxylic acids is 2. The number of piperidine rings is 1. The summed E-state index contributed by atoms with van der Waals surface area (Å²) in [6, 6.07) is 3.80. The predicted octanol–water partition coefficient (Wildman–Crippen LogP) is 2.61. The Morgan fingerprint density at radius 2 is 2.20 bits per heavy atom. The first-order valence-electron chi connectivity index (χ1n) is 9.13. The molecule has 2 aliphatic rings. The molecule has 0 aliphatic carbocycles. The first-order chi connectivity index (χ1) is 12.1. The zero-order chi connectivity index (χ0) is 17.7. The van der Waals surface area contributed by atoms with E-state index in [1.165, 1.54) is 11.3 Å². The molecule has 3 amide bonds. The fourth-order valence-electron chi connectivity index (χ4n) is 3.55. The molecule has 0 radical (unpaired) electrons. The quantitative estimate of drug-likeness (QED) is 0.788. The van der Waals surface area contributed by atoms with Crippen LogP contribution in [0, 0.1) is 0 Å². The fraction of sp³-hybridized carbons (Fsp3) is 0.667. The third-order valence-corrected chi connectivity index (χ3v) is 5.93. The summed E-state index contributed by atoms with van der Waals surface area (Å²) >= 11 is 1.45. The number of unbranched alkanes of at least 4 members (excludes halogenated alkanes) is 1. The van der Waals surface area contributed by atoms with Gasteiger partial charge in [0, 0.05) is 19.6 Å². The molecule has 0 saturated carbocycles. The largest absolute Gasteiger partial charge is 0.373 e. The van der Waals surface area contributed by atoms with Crippen LogP contribution in [-0.2, 0) is 4.74 Å². The molecule has 25 heavy (non-hydrogen) atoms. The zero-order valence-electron chi connectivity index (χ0n) is 14.8. The number of nitrogens with zero attached hydrogens (tertiary/aromatic N) is 1. The highest BCUT2D eigenvalue weighted by Gasteiger charge is 2.43. The van der Waals surface area contributed by atoms with Crippen molar-refractivity contribution < 1.29 is 14.3 Å². The van der Waals surface area contributed by atoms with Gasteiger partial charge in [-0.15, -0.1) is 11.3 Å². The molecule has 0 unspecified atom stereocenters. The number of urea groups is 1. The number of thiophene rings is 1. The van der Waals surface area contributed by atoms with Crippen LogP contribution in [0.15, 0.2) is 17.5 Å². The molecular weight excluding hydrogens is 338 g/mol. The normalized spacial score (nSPS) is 22.1. The van der Waals surface area contributed by atoms with E-state index >= 15 is 0 Å². The van der Waals surface area contributed by atoms with Gasteiger partial charge in [0.25, 0.3) is 5.91 Å². The predicted molar refractivity (Wildman–Crippen MR) is 98.0 cm³/mol. The molecule has 2 N–H and O–H groups in total. The molecule has 0 bridgehead atoms. The molecule has 3 rings (SSSR count). The van der Waals surface area contributed by atoms with Gasteiger partial charge >= 0.3 is 6.03 Å². The molecule has 1 atom stereocenters. The first kappa shape index (κ1) is 18.2. The van der Waals surface area contributed by atoms with Gasteiger partial charge in [0.15, 0.2) is 0 Å². The van der Waals surface area contributed by atoms with Crippen molar-refractivity contribution in [3.63, 3.8) is 0 Å². The molecule has 2 fully saturated rings. The lowest BCUT2D eigenvalue weighted by Gasteiger charge is -2.38. The highest BCUT2D eigenvalue weighted by atomic mass is 32.1. The standard InChI is InChI=1S/C18H27N3O3S/c1-2-3-8-19-17(23)21-9-6-18(7-10-21)12-14(13-24-18)20-16(22)15-5-4-11-25-15/h4-5,11,14H,2-3,6-10,12-13H2,1H3,(H,19,23)(H,20,22)/t14-/m1/s1. The molecule has 6 nitrogen and oxygen atoms in total. The lowest BCUT2D eigenvalue weighted by molar-refractivity contribution is -0.0363. The van der Waals surface area contributed by atoms with E-state index < -0.39 is 0 Å². The third kappa shape index (κ3) is 4.52. The Balaban J connectivity index is 1.44. The molecule has 1 spiro atoms. The van der Waals surface area contributed by atoms with Crippen LogP contribution in [0.5, 0.6) is 0 Å². The molecular formula is C18H27N3O3S. The SMILES string of the molecule is CCCCNC(=O)N1CCC2(CC1)C[C@@H](NC(=O)c1cccs1)CO2. The molecule has 2 aliphatic heterocycles. The summed E-state index contributed by atoms with van der Waals surface area (Å²) < 4.78 is 6.07. The van der Waals surface area contributed by atoms with Crippen molar-refractivity contribution in [1.29, 1.82) is 0 Å². The topological polar surface area (TPSA) is 70.7 Å². The number of likely N-dealkylation sites (tertiary alicyclic amines) is 1. The van der Waals surface area contributed by atoms with Crippen LogP contribution < -0.4 is 10.6 Å². The van der Waals surface area contributed by atoms with Crippen molar-refractivity contribution in [3.8, 4) is 0 Å². The van der Waals surface area contributed by atoms with Gasteiger partial charge in [-0.3, -0.25) is 4.79 Å². The Labute approximate surface area is 152 Å². The summed E-state index contributed by atoms with van der Waals surface area (Å²) in [5.74, 6) is -0.0200. The number of amides is 3. The fourth-order valence-corrected chi connectivity index (χ4v) is 4.18. The number of nitrogens with one attached hydrogen (secondary N) is 2. The lowest BCUT2D eigenvalue weighted by atomic mass is 9.87. The highest BCUT2D eigenvalue weighted by molar-refractivity contribution is 7.12. The number of hydrogen-bond donors (Lipinski definition) is 2. The van der Waals surface area contributed by atoms with Gasteiger partial charge in [-0.2, -0.15) is 0 Å². The molecule has 1 aromatic rings. The van der Waals surface area contributed by atoms with Crippen LogP contribution in [0.25, 0.3) is 0 Å². The average molecular weight is 365 g/mol. The minimum Gasteiger partial charge on any atom is -0.373 e. The van der Waals surface area contributed by atoms with Gasteiger partial charge in [-0.1, -0.05) is 19.4 Å². The first-order valence-corrected chi connectivity index (χ1v) is 10.0. The summed E-state index contributed by atoms with van der Waals surface area (Å²) in [5, 5.41) is 7.95. The molecule has 3 heterocycles. The molecule has 0 aromatic carbocycles. The van der Waals surface area contributed by atoms with Crippen LogP contribution in [0.4, 0.5) is 4.79 Å². The Morgan fingerprint density at radius 3 is 2.88 bits per heavy atom. The van der Waals surface area contributed by atoms with E-state index in [9.17, 15) is 9.59 Å². The minimum atomic E-state index is -0.187. The summed E-state index contributed by atoms with van der Waals surface area (Å²) in [5.41, 5.74) is -0.187. The molecule has 1 aromatic heterocycles. The van der Waals surface area contributed by atoms with Gasteiger partial charge in [-0.25, -0.2) is 4.79 Å². The van der Waals surface area contributed by atoms with E-state index in [-0.39, 0.29) is 23.6 Å². The van der Waals surface area contributed by atoms with Gasteiger partial charge in [0.2, 0.25) is 0 Å². The van der Waals surface area contributed by atoms with E-state index in [2.05, 4.69) is 17.6 Å². The van der Waals surface area contributed by atoms with E-state index in [0.717, 1.165) is 43.5 Å². The summed E-state index contributed by atoms with van der Waals surface area (Å²) in [6.07, 6.45) is 4.59. The van der Waals surface area contributed by atoms with Crippen molar-refractivity contribution in [3.05, 3.63) is 22.4 Å². The van der Waals surface area contributed by atoms with Gasteiger partial charge < -0.3 is 20.3 Å². The van der Waals surface area contributed by atoms with Crippen molar-refractivity contribution >= 4 is 23.3 Å². The Bertz CT molecular complexity index is 582. The Morgan fingerprint density at radius 1 is 1.40 bits per heavy atom. The Kier molecular flexibility index (Phi) is 5.96. The smallest absolute Gasteiger partial charge is 0.317 e. The van der Waals surface area contributed by atoms with Crippen LogP contribution >= 0.6 is 11.3 Å². The second-order valence-corrected chi connectivity index (χ2v) is 7.87.